The van der Waals surface area contributed by atoms with E-state index < -0.39 is 17.7 Å². The number of rotatable bonds is 9. The van der Waals surface area contributed by atoms with Crippen molar-refractivity contribution in [2.45, 2.75) is 19.9 Å². The fraction of sp³-hybridized carbons (Fsp3) is 0.333. The van der Waals surface area contributed by atoms with Crippen molar-refractivity contribution < 1.29 is 34.0 Å². The van der Waals surface area contributed by atoms with Crippen LogP contribution in [0.15, 0.2) is 48.0 Å². The maximum atomic E-state index is 13.0. The zero-order chi connectivity index (χ0) is 23.3. The molecule has 0 spiro atoms. The number of Topliss-reactive ketones (excluding diaryl/α,β-unsaturated/α-hetero) is 1. The zero-order valence-electron chi connectivity index (χ0n) is 18.3. The number of ketones is 1. The third kappa shape index (κ3) is 4.55. The molecule has 3 rings (SSSR count). The smallest absolute Gasteiger partial charge is 0.295 e. The van der Waals surface area contributed by atoms with Gasteiger partial charge in [0.25, 0.3) is 11.7 Å². The first kappa shape index (κ1) is 23.1. The van der Waals surface area contributed by atoms with E-state index in [-0.39, 0.29) is 35.8 Å². The van der Waals surface area contributed by atoms with Crippen LogP contribution in [-0.2, 0) is 14.3 Å². The highest BCUT2D eigenvalue weighted by Gasteiger charge is 2.46. The third-order valence-electron chi connectivity index (χ3n) is 5.10. The van der Waals surface area contributed by atoms with Crippen LogP contribution in [0.4, 0.5) is 0 Å². The van der Waals surface area contributed by atoms with E-state index in [9.17, 15) is 19.8 Å². The Balaban J connectivity index is 2.18. The Labute approximate surface area is 186 Å². The molecule has 32 heavy (non-hydrogen) atoms. The number of carbonyl (C=O) groups is 2. The fourth-order valence-electron chi connectivity index (χ4n) is 3.68. The van der Waals surface area contributed by atoms with Crippen LogP contribution in [0.3, 0.4) is 0 Å². The fourth-order valence-corrected chi connectivity index (χ4v) is 3.68. The lowest BCUT2D eigenvalue weighted by molar-refractivity contribution is -0.140. The molecule has 0 aliphatic carbocycles. The number of benzene rings is 2. The molecule has 2 aromatic rings. The van der Waals surface area contributed by atoms with E-state index in [4.69, 9.17) is 14.2 Å². The number of phenolic OH excluding ortho intramolecular Hbond substituents is 1. The maximum Gasteiger partial charge on any atom is 0.295 e. The predicted octanol–water partition coefficient (Wildman–Crippen LogP) is 3.26. The van der Waals surface area contributed by atoms with Crippen LogP contribution in [0.2, 0.25) is 0 Å². The molecule has 1 amide bonds. The molecule has 0 radical (unpaired) electrons. The summed E-state index contributed by atoms with van der Waals surface area (Å²) in [6.07, 6.45) is 0. The van der Waals surface area contributed by atoms with Crippen LogP contribution in [0, 0.1) is 0 Å². The highest BCUT2D eigenvalue weighted by Crippen LogP contribution is 2.41. The number of phenols is 1. The second-order valence-corrected chi connectivity index (χ2v) is 7.10. The van der Waals surface area contributed by atoms with Gasteiger partial charge in [-0.25, -0.2) is 0 Å². The standard InChI is InChI=1S/C24H27NO7/c1-4-31-17-10-11-18(19(14-17)32-5-2)22(27)20-21(15-6-8-16(26)9-7-15)25(12-13-30-3)24(29)23(20)28/h6-11,14,21,26-27H,4-5,12-13H2,1-3H3/b22-20-. The Morgan fingerprint density at radius 3 is 2.34 bits per heavy atom. The minimum Gasteiger partial charge on any atom is -0.508 e. The van der Waals surface area contributed by atoms with Crippen molar-refractivity contribution >= 4 is 17.4 Å². The van der Waals surface area contributed by atoms with E-state index in [0.29, 0.717) is 30.3 Å². The number of aliphatic hydroxyl groups is 1. The number of hydrogen-bond acceptors (Lipinski definition) is 7. The van der Waals surface area contributed by atoms with Gasteiger partial charge in [0, 0.05) is 19.7 Å². The topological polar surface area (TPSA) is 106 Å². The molecule has 170 valence electrons. The Morgan fingerprint density at radius 1 is 1.03 bits per heavy atom. The average molecular weight is 441 g/mol. The van der Waals surface area contributed by atoms with Crippen molar-refractivity contribution in [3.8, 4) is 17.2 Å². The van der Waals surface area contributed by atoms with Gasteiger partial charge in [-0.05, 0) is 43.7 Å². The number of nitrogens with zero attached hydrogens (tertiary/aromatic N) is 1. The number of aromatic hydroxyl groups is 1. The SMILES string of the molecule is CCOc1ccc(/C(O)=C2/C(=O)C(=O)N(CCOC)C2c2ccc(O)cc2)c(OCC)c1. The minimum atomic E-state index is -0.841. The van der Waals surface area contributed by atoms with Gasteiger partial charge in [-0.3, -0.25) is 9.59 Å². The molecule has 1 atom stereocenters. The summed E-state index contributed by atoms with van der Waals surface area (Å²) >= 11 is 0. The van der Waals surface area contributed by atoms with Crippen LogP contribution in [0.1, 0.15) is 31.0 Å². The lowest BCUT2D eigenvalue weighted by atomic mass is 9.95. The molecule has 1 heterocycles. The summed E-state index contributed by atoms with van der Waals surface area (Å²) in [6, 6.07) is 10.2. The van der Waals surface area contributed by atoms with Gasteiger partial charge >= 0.3 is 0 Å². The maximum absolute atomic E-state index is 13.0. The monoisotopic (exact) mass is 441 g/mol. The Kier molecular flexibility index (Phi) is 7.37. The number of carbonyl (C=O) groups excluding carboxylic acids is 2. The van der Waals surface area contributed by atoms with Crippen molar-refractivity contribution in [3.05, 3.63) is 59.2 Å². The highest BCUT2D eigenvalue weighted by atomic mass is 16.5. The zero-order valence-corrected chi connectivity index (χ0v) is 18.3. The van der Waals surface area contributed by atoms with Crippen molar-refractivity contribution in [3.63, 3.8) is 0 Å². The summed E-state index contributed by atoms with van der Waals surface area (Å²) in [5.41, 5.74) is 0.800. The number of ether oxygens (including phenoxy) is 3. The largest absolute Gasteiger partial charge is 0.508 e. The second kappa shape index (κ2) is 10.2. The normalized spacial score (nSPS) is 17.6. The number of likely N-dealkylation sites (tertiary alicyclic amines) is 1. The van der Waals surface area contributed by atoms with Crippen LogP contribution < -0.4 is 9.47 Å². The molecule has 8 nitrogen and oxygen atoms in total. The molecule has 1 fully saturated rings. The summed E-state index contributed by atoms with van der Waals surface area (Å²) in [7, 11) is 1.50. The van der Waals surface area contributed by atoms with E-state index in [2.05, 4.69) is 0 Å². The van der Waals surface area contributed by atoms with Gasteiger partial charge in [-0.1, -0.05) is 12.1 Å². The van der Waals surface area contributed by atoms with Crippen LogP contribution in [-0.4, -0.2) is 60.3 Å². The Bertz CT molecular complexity index is 1010. The van der Waals surface area contributed by atoms with E-state index in [1.54, 1.807) is 37.3 Å². The van der Waals surface area contributed by atoms with Crippen molar-refractivity contribution in [2.24, 2.45) is 0 Å². The molecular weight excluding hydrogens is 414 g/mol. The first-order valence-corrected chi connectivity index (χ1v) is 10.4. The highest BCUT2D eigenvalue weighted by molar-refractivity contribution is 6.46. The number of amides is 1. The van der Waals surface area contributed by atoms with Crippen LogP contribution in [0.5, 0.6) is 17.2 Å². The average Bonchev–Trinajstić information content (AvgIpc) is 3.03. The summed E-state index contributed by atoms with van der Waals surface area (Å²) in [5, 5.41) is 20.9. The third-order valence-corrected chi connectivity index (χ3v) is 5.10. The van der Waals surface area contributed by atoms with Crippen LogP contribution in [0.25, 0.3) is 5.76 Å². The van der Waals surface area contributed by atoms with Gasteiger partial charge in [-0.2, -0.15) is 0 Å². The summed E-state index contributed by atoms with van der Waals surface area (Å²) in [5.74, 6) is -0.925. The first-order chi connectivity index (χ1) is 15.4. The molecule has 0 aromatic heterocycles. The van der Waals surface area contributed by atoms with Gasteiger partial charge < -0.3 is 29.3 Å². The molecule has 1 aliphatic rings. The quantitative estimate of drug-likeness (QED) is 0.350. The van der Waals surface area contributed by atoms with Crippen LogP contribution >= 0.6 is 0 Å². The molecule has 1 saturated heterocycles. The van der Waals surface area contributed by atoms with Crippen molar-refractivity contribution in [2.75, 3.05) is 33.5 Å². The summed E-state index contributed by atoms with van der Waals surface area (Å²) in [4.78, 5) is 27.2. The number of aliphatic hydroxyl groups excluding tert-OH is 1. The molecule has 8 heteroatoms. The van der Waals surface area contributed by atoms with Gasteiger partial charge in [0.15, 0.2) is 0 Å². The van der Waals surface area contributed by atoms with Crippen molar-refractivity contribution in [1.82, 2.24) is 4.90 Å². The van der Waals surface area contributed by atoms with Gasteiger partial charge in [-0.15, -0.1) is 0 Å². The lowest BCUT2D eigenvalue weighted by Crippen LogP contribution is -2.32. The van der Waals surface area contributed by atoms with Gasteiger partial charge in [0.2, 0.25) is 0 Å². The molecule has 2 aromatic carbocycles. The molecular formula is C24H27NO7. The molecule has 1 aliphatic heterocycles. The number of hydrogen-bond donors (Lipinski definition) is 2. The summed E-state index contributed by atoms with van der Waals surface area (Å²) < 4.78 is 16.3. The Hall–Kier alpha value is -3.52. The minimum absolute atomic E-state index is 0.0488. The van der Waals surface area contributed by atoms with E-state index >= 15 is 0 Å². The van der Waals surface area contributed by atoms with E-state index in [1.807, 2.05) is 6.92 Å². The first-order valence-electron chi connectivity index (χ1n) is 10.4. The van der Waals surface area contributed by atoms with Gasteiger partial charge in [0.1, 0.15) is 23.0 Å². The Morgan fingerprint density at radius 2 is 1.72 bits per heavy atom. The van der Waals surface area contributed by atoms with E-state index in [1.165, 1.54) is 24.1 Å². The molecule has 1 unspecified atom stereocenters. The van der Waals surface area contributed by atoms with E-state index in [0.717, 1.165) is 0 Å². The van der Waals surface area contributed by atoms with Crippen molar-refractivity contribution in [1.29, 1.82) is 0 Å². The second-order valence-electron chi connectivity index (χ2n) is 7.10. The predicted molar refractivity (Wildman–Crippen MR) is 118 cm³/mol. The summed E-state index contributed by atoms with van der Waals surface area (Å²) in [6.45, 7) is 4.83. The van der Waals surface area contributed by atoms with Gasteiger partial charge in [0.05, 0.1) is 37.0 Å². The number of methoxy groups -OCH3 is 1. The lowest BCUT2D eigenvalue weighted by Gasteiger charge is -2.25. The molecule has 2 N–H and O–H groups in total. The molecule has 0 bridgehead atoms. The molecule has 0 saturated carbocycles.